The highest BCUT2D eigenvalue weighted by atomic mass is 32.2. The van der Waals surface area contributed by atoms with E-state index < -0.39 is 10.0 Å². The van der Waals surface area contributed by atoms with Crippen LogP contribution >= 0.6 is 0 Å². The number of hydrogen-bond acceptors (Lipinski definition) is 3. The third-order valence-electron chi connectivity index (χ3n) is 3.70. The molecule has 1 aromatic rings. The van der Waals surface area contributed by atoms with Gasteiger partial charge < -0.3 is 5.32 Å². The number of hydrogen-bond donors (Lipinski definition) is 1. The van der Waals surface area contributed by atoms with Crippen LogP contribution in [0.1, 0.15) is 32.3 Å². The Labute approximate surface area is 123 Å². The van der Waals surface area contributed by atoms with Gasteiger partial charge in [0.05, 0.1) is 4.90 Å². The van der Waals surface area contributed by atoms with E-state index in [0.717, 1.165) is 25.8 Å². The van der Waals surface area contributed by atoms with Crippen LogP contribution in [0, 0.1) is 0 Å². The summed E-state index contributed by atoms with van der Waals surface area (Å²) < 4.78 is 26.3. The molecule has 1 rings (SSSR count). The molecule has 0 saturated heterocycles. The van der Waals surface area contributed by atoms with Crippen molar-refractivity contribution < 1.29 is 8.42 Å². The lowest BCUT2D eigenvalue weighted by Gasteiger charge is -2.23. The molecule has 0 amide bonds. The molecule has 0 aliphatic rings. The fourth-order valence-electron chi connectivity index (χ4n) is 1.96. The lowest BCUT2D eigenvalue weighted by atomic mass is 10.1. The van der Waals surface area contributed by atoms with E-state index in [1.807, 2.05) is 33.0 Å². The van der Waals surface area contributed by atoms with E-state index in [4.69, 9.17) is 0 Å². The SMILES string of the molecule is CCC(C)N(C)S(=O)(=O)c1ccc(CCCNC)cc1. The zero-order chi connectivity index (χ0) is 15.2. The quantitative estimate of drug-likeness (QED) is 0.749. The third kappa shape index (κ3) is 4.30. The largest absolute Gasteiger partial charge is 0.320 e. The Kier molecular flexibility index (Phi) is 6.65. The maximum atomic E-state index is 12.4. The number of nitrogens with one attached hydrogen (secondary N) is 1. The smallest absolute Gasteiger partial charge is 0.243 e. The van der Waals surface area contributed by atoms with Gasteiger partial charge in [-0.3, -0.25) is 0 Å². The first kappa shape index (κ1) is 17.1. The number of rotatable bonds is 8. The highest BCUT2D eigenvalue weighted by Crippen LogP contribution is 2.18. The zero-order valence-corrected chi connectivity index (χ0v) is 13.7. The topological polar surface area (TPSA) is 49.4 Å². The Morgan fingerprint density at radius 1 is 1.25 bits per heavy atom. The molecule has 1 aromatic carbocycles. The molecule has 0 heterocycles. The van der Waals surface area contributed by atoms with Gasteiger partial charge in [0.25, 0.3) is 0 Å². The summed E-state index contributed by atoms with van der Waals surface area (Å²) in [5.41, 5.74) is 1.17. The maximum Gasteiger partial charge on any atom is 0.243 e. The van der Waals surface area contributed by atoms with Crippen LogP contribution in [0.15, 0.2) is 29.2 Å². The second-order valence-electron chi connectivity index (χ2n) is 5.13. The fraction of sp³-hybridized carbons (Fsp3) is 0.600. The molecule has 1 atom stereocenters. The molecule has 0 aliphatic heterocycles. The minimum atomic E-state index is -3.37. The Bertz CT molecular complexity index is 497. The van der Waals surface area contributed by atoms with Crippen LogP contribution in [0.4, 0.5) is 0 Å². The molecule has 0 aliphatic carbocycles. The van der Waals surface area contributed by atoms with Gasteiger partial charge >= 0.3 is 0 Å². The molecule has 5 heteroatoms. The number of sulfonamides is 1. The first-order valence-corrected chi connectivity index (χ1v) is 8.59. The summed E-state index contributed by atoms with van der Waals surface area (Å²) in [5, 5.41) is 3.10. The molecule has 20 heavy (non-hydrogen) atoms. The van der Waals surface area contributed by atoms with Gasteiger partial charge in [0.1, 0.15) is 0 Å². The van der Waals surface area contributed by atoms with Crippen molar-refractivity contribution in [3.05, 3.63) is 29.8 Å². The van der Waals surface area contributed by atoms with Crippen LogP contribution in [0.25, 0.3) is 0 Å². The van der Waals surface area contributed by atoms with Crippen molar-refractivity contribution in [3.8, 4) is 0 Å². The summed E-state index contributed by atoms with van der Waals surface area (Å²) in [4.78, 5) is 0.373. The van der Waals surface area contributed by atoms with Crippen LogP contribution in [-0.2, 0) is 16.4 Å². The Hall–Kier alpha value is -0.910. The lowest BCUT2D eigenvalue weighted by molar-refractivity contribution is 0.380. The second kappa shape index (κ2) is 7.76. The van der Waals surface area contributed by atoms with Crippen LogP contribution < -0.4 is 5.32 Å². The van der Waals surface area contributed by atoms with Gasteiger partial charge in [-0.15, -0.1) is 0 Å². The monoisotopic (exact) mass is 298 g/mol. The standard InChI is InChI=1S/C15H26N2O2S/c1-5-13(2)17(4)20(18,19)15-10-8-14(9-11-15)7-6-12-16-3/h8-11,13,16H,5-7,12H2,1-4H3. The minimum Gasteiger partial charge on any atom is -0.320 e. The van der Waals surface area contributed by atoms with E-state index in [1.54, 1.807) is 19.2 Å². The van der Waals surface area contributed by atoms with Crippen molar-refractivity contribution >= 4 is 10.0 Å². The van der Waals surface area contributed by atoms with Crippen LogP contribution in [0.2, 0.25) is 0 Å². The van der Waals surface area contributed by atoms with Gasteiger partial charge in [-0.2, -0.15) is 4.31 Å². The number of aryl methyl sites for hydroxylation is 1. The number of benzene rings is 1. The molecule has 114 valence electrons. The summed E-state index contributed by atoms with van der Waals surface area (Å²) in [6.07, 6.45) is 2.82. The van der Waals surface area contributed by atoms with Gasteiger partial charge in [0.15, 0.2) is 0 Å². The summed E-state index contributed by atoms with van der Waals surface area (Å²) in [5.74, 6) is 0. The molecule has 0 bridgehead atoms. The average Bonchev–Trinajstić information content (AvgIpc) is 2.46. The molecule has 0 saturated carbocycles. The highest BCUT2D eigenvalue weighted by molar-refractivity contribution is 7.89. The van der Waals surface area contributed by atoms with E-state index >= 15 is 0 Å². The van der Waals surface area contributed by atoms with Gasteiger partial charge in [-0.25, -0.2) is 8.42 Å². The van der Waals surface area contributed by atoms with Crippen LogP contribution in [0.5, 0.6) is 0 Å². The van der Waals surface area contributed by atoms with E-state index in [2.05, 4.69) is 5.32 Å². The van der Waals surface area contributed by atoms with Gasteiger partial charge in [-0.05, 0) is 57.5 Å². The second-order valence-corrected chi connectivity index (χ2v) is 7.13. The average molecular weight is 298 g/mol. The highest BCUT2D eigenvalue weighted by Gasteiger charge is 2.24. The molecule has 1 unspecified atom stereocenters. The Balaban J connectivity index is 2.81. The van der Waals surface area contributed by atoms with Crippen molar-refractivity contribution in [2.24, 2.45) is 0 Å². The molecular formula is C15H26N2O2S. The van der Waals surface area contributed by atoms with Crippen LogP contribution in [0.3, 0.4) is 0 Å². The predicted octanol–water partition coefficient (Wildman–Crippen LogP) is 2.26. The normalized spacial score (nSPS) is 13.7. The zero-order valence-electron chi connectivity index (χ0n) is 12.9. The molecule has 0 aromatic heterocycles. The van der Waals surface area contributed by atoms with Gasteiger partial charge in [0.2, 0.25) is 10.0 Å². The van der Waals surface area contributed by atoms with Crippen molar-refractivity contribution in [3.63, 3.8) is 0 Å². The van der Waals surface area contributed by atoms with E-state index in [-0.39, 0.29) is 6.04 Å². The van der Waals surface area contributed by atoms with Crippen LogP contribution in [-0.4, -0.2) is 39.4 Å². The van der Waals surface area contributed by atoms with E-state index in [0.29, 0.717) is 4.90 Å². The Morgan fingerprint density at radius 3 is 2.35 bits per heavy atom. The van der Waals surface area contributed by atoms with Crippen molar-refractivity contribution in [1.82, 2.24) is 9.62 Å². The molecule has 0 radical (unpaired) electrons. The first-order valence-electron chi connectivity index (χ1n) is 7.15. The van der Waals surface area contributed by atoms with Gasteiger partial charge in [-0.1, -0.05) is 19.1 Å². The number of nitrogens with zero attached hydrogens (tertiary/aromatic N) is 1. The maximum absolute atomic E-state index is 12.4. The minimum absolute atomic E-state index is 0.00954. The summed E-state index contributed by atoms with van der Waals surface area (Å²) in [6.45, 7) is 4.88. The molecule has 1 N–H and O–H groups in total. The van der Waals surface area contributed by atoms with Crippen molar-refractivity contribution in [2.45, 2.75) is 44.0 Å². The molecule has 4 nitrogen and oxygen atoms in total. The summed E-state index contributed by atoms with van der Waals surface area (Å²) in [7, 11) is 0.203. The molecular weight excluding hydrogens is 272 g/mol. The van der Waals surface area contributed by atoms with E-state index in [1.165, 1.54) is 9.87 Å². The first-order chi connectivity index (χ1) is 9.43. The van der Waals surface area contributed by atoms with Crippen molar-refractivity contribution in [1.29, 1.82) is 0 Å². The van der Waals surface area contributed by atoms with Gasteiger partial charge in [0, 0.05) is 13.1 Å². The van der Waals surface area contributed by atoms with Crippen molar-refractivity contribution in [2.75, 3.05) is 20.6 Å². The summed E-state index contributed by atoms with van der Waals surface area (Å²) in [6, 6.07) is 7.25. The lowest BCUT2D eigenvalue weighted by Crippen LogP contribution is -2.34. The third-order valence-corrected chi connectivity index (χ3v) is 5.69. The predicted molar refractivity (Wildman–Crippen MR) is 83.4 cm³/mol. The molecule has 0 spiro atoms. The summed E-state index contributed by atoms with van der Waals surface area (Å²) >= 11 is 0. The van der Waals surface area contributed by atoms with E-state index in [9.17, 15) is 8.42 Å². The fourth-order valence-corrected chi connectivity index (χ4v) is 3.39. The Morgan fingerprint density at radius 2 is 1.85 bits per heavy atom. The molecule has 0 fully saturated rings.